The zero-order valence-corrected chi connectivity index (χ0v) is 17.6. The number of rotatable bonds is 9. The maximum Gasteiger partial charge on any atom is 0.121 e. The average Bonchev–Trinajstić information content (AvgIpc) is 3.52. The quantitative estimate of drug-likeness (QED) is 0.556. The fourth-order valence-electron chi connectivity index (χ4n) is 3.62. The van der Waals surface area contributed by atoms with Crippen molar-refractivity contribution in [2.45, 2.75) is 31.4 Å². The number of nitrogens with zero attached hydrogens (tertiary/aromatic N) is 2. The van der Waals surface area contributed by atoms with Gasteiger partial charge in [-0.25, -0.2) is 4.31 Å². The number of para-hydroxylation sites is 2. The van der Waals surface area contributed by atoms with Gasteiger partial charge < -0.3 is 14.8 Å². The molecule has 1 atom stereocenters. The van der Waals surface area contributed by atoms with Crippen molar-refractivity contribution in [3.63, 3.8) is 0 Å². The molecule has 2 aromatic rings. The van der Waals surface area contributed by atoms with Crippen LogP contribution < -0.4 is 18.7 Å². The van der Waals surface area contributed by atoms with Gasteiger partial charge >= 0.3 is 0 Å². The van der Waals surface area contributed by atoms with Crippen LogP contribution in [0.4, 0.5) is 17.1 Å². The Bertz CT molecular complexity index is 846. The number of hydrogen-bond acceptors (Lipinski definition) is 7. The van der Waals surface area contributed by atoms with Crippen molar-refractivity contribution in [2.24, 2.45) is 0 Å². The zero-order valence-electron chi connectivity index (χ0n) is 16.8. The third kappa shape index (κ3) is 4.17. The number of methoxy groups -OCH3 is 2. The highest BCUT2D eigenvalue weighted by Crippen LogP contribution is 2.64. The van der Waals surface area contributed by atoms with Crippen LogP contribution in [-0.4, -0.2) is 48.6 Å². The summed E-state index contributed by atoms with van der Waals surface area (Å²) in [6, 6.07) is 15.6. The average molecular weight is 420 g/mol. The molecular weight excluding hydrogens is 390 g/mol. The molecule has 4 rings (SSSR count). The first-order valence-corrected chi connectivity index (χ1v) is 11.4. The van der Waals surface area contributed by atoms with Gasteiger partial charge in [0, 0.05) is 32.3 Å². The number of nitrogens with one attached hydrogen (secondary N) is 1. The molecular formula is C21H29N3O4S. The summed E-state index contributed by atoms with van der Waals surface area (Å²) >= 11 is 0. The molecule has 0 aromatic heterocycles. The SMILES string of the molecule is COc1cccc(N2c3ccccc3N(CC[C@H](CNC3CC3)OC)S2(O)O)c1. The maximum atomic E-state index is 11.3. The number of fused-ring (bicyclic) bond motifs is 1. The van der Waals surface area contributed by atoms with Gasteiger partial charge in [-0.1, -0.05) is 18.2 Å². The summed E-state index contributed by atoms with van der Waals surface area (Å²) in [4.78, 5) is 0. The number of benzene rings is 2. The molecule has 2 aliphatic rings. The van der Waals surface area contributed by atoms with Crippen LogP contribution in [0.1, 0.15) is 19.3 Å². The maximum absolute atomic E-state index is 11.3. The van der Waals surface area contributed by atoms with Gasteiger partial charge in [0.25, 0.3) is 0 Å². The van der Waals surface area contributed by atoms with Crippen molar-refractivity contribution in [1.29, 1.82) is 0 Å². The molecule has 3 N–H and O–H groups in total. The van der Waals surface area contributed by atoms with Gasteiger partial charge in [-0.05, 0) is 54.5 Å². The Kier molecular flexibility index (Phi) is 5.89. The van der Waals surface area contributed by atoms with Gasteiger partial charge in [0.05, 0.1) is 30.3 Å². The van der Waals surface area contributed by atoms with E-state index in [9.17, 15) is 9.11 Å². The van der Waals surface area contributed by atoms with E-state index >= 15 is 0 Å². The number of hydrogen-bond donors (Lipinski definition) is 3. The summed E-state index contributed by atoms with van der Waals surface area (Å²) in [6.45, 7) is 1.25. The fraction of sp³-hybridized carbons (Fsp3) is 0.429. The Hall–Kier alpha value is -1.97. The largest absolute Gasteiger partial charge is 0.497 e. The minimum atomic E-state index is -3.25. The van der Waals surface area contributed by atoms with Crippen LogP contribution in [-0.2, 0) is 4.74 Å². The fourth-order valence-corrected chi connectivity index (χ4v) is 5.40. The molecule has 0 spiro atoms. The Labute approximate surface area is 173 Å². The van der Waals surface area contributed by atoms with E-state index in [1.54, 1.807) is 22.8 Å². The monoisotopic (exact) mass is 419 g/mol. The van der Waals surface area contributed by atoms with E-state index in [-0.39, 0.29) is 6.10 Å². The highest BCUT2D eigenvalue weighted by molar-refractivity contribution is 8.27. The topological polar surface area (TPSA) is 77.4 Å². The highest BCUT2D eigenvalue weighted by Gasteiger charge is 2.41. The van der Waals surface area contributed by atoms with E-state index < -0.39 is 11.0 Å². The van der Waals surface area contributed by atoms with Gasteiger partial charge in [-0.3, -0.25) is 13.4 Å². The summed E-state index contributed by atoms with van der Waals surface area (Å²) in [5.74, 6) is 0.666. The van der Waals surface area contributed by atoms with Crippen molar-refractivity contribution >= 4 is 28.0 Å². The van der Waals surface area contributed by atoms with Gasteiger partial charge in [0.2, 0.25) is 0 Å². The molecule has 7 nitrogen and oxygen atoms in total. The zero-order chi connectivity index (χ0) is 20.4. The second kappa shape index (κ2) is 8.41. The van der Waals surface area contributed by atoms with Crippen molar-refractivity contribution in [2.75, 3.05) is 35.9 Å². The van der Waals surface area contributed by atoms with Gasteiger partial charge in [-0.2, -0.15) is 0 Å². The molecule has 2 aromatic carbocycles. The summed E-state index contributed by atoms with van der Waals surface area (Å²) in [5, 5.41) is 3.48. The van der Waals surface area contributed by atoms with Crippen molar-refractivity contribution in [1.82, 2.24) is 5.32 Å². The van der Waals surface area contributed by atoms with E-state index in [4.69, 9.17) is 9.47 Å². The van der Waals surface area contributed by atoms with Crippen LogP contribution in [0.15, 0.2) is 48.5 Å². The molecule has 0 unspecified atom stereocenters. The van der Waals surface area contributed by atoms with Gasteiger partial charge in [0.1, 0.15) is 5.75 Å². The van der Waals surface area contributed by atoms with Crippen molar-refractivity contribution < 1.29 is 18.6 Å². The molecule has 8 heteroatoms. The third-order valence-corrected chi connectivity index (χ3v) is 7.26. The molecule has 1 heterocycles. The lowest BCUT2D eigenvalue weighted by Crippen LogP contribution is -2.36. The number of anilines is 3. The normalized spacial score (nSPS) is 19.7. The van der Waals surface area contributed by atoms with Crippen LogP contribution in [0.25, 0.3) is 0 Å². The van der Waals surface area contributed by atoms with E-state index in [0.717, 1.165) is 17.9 Å². The van der Waals surface area contributed by atoms with Crippen LogP contribution in [0.5, 0.6) is 5.75 Å². The predicted octanol–water partition coefficient (Wildman–Crippen LogP) is 4.39. The molecule has 1 saturated carbocycles. The first-order chi connectivity index (χ1) is 14.0. The third-order valence-electron chi connectivity index (χ3n) is 5.40. The lowest BCUT2D eigenvalue weighted by atomic mass is 10.2. The summed E-state index contributed by atoms with van der Waals surface area (Å²) in [5.41, 5.74) is 2.25. The van der Waals surface area contributed by atoms with Crippen LogP contribution in [0.2, 0.25) is 0 Å². The molecule has 0 saturated heterocycles. The Morgan fingerprint density at radius 2 is 1.86 bits per heavy atom. The molecule has 1 fully saturated rings. The predicted molar refractivity (Wildman–Crippen MR) is 118 cm³/mol. The standard InChI is InChI=1S/C21H29N3O4S/c1-27-18-7-5-6-17(14-18)24-21-9-4-3-8-20(21)23(29(24,25)26)13-12-19(28-2)15-22-16-10-11-16/h3-9,14,16,19,22,25-26H,10-13,15H2,1-2H3/t19-/m1/s1. The van der Waals surface area contributed by atoms with Gasteiger partial charge in [-0.15, -0.1) is 0 Å². The molecule has 1 aliphatic heterocycles. The minimum absolute atomic E-state index is 0.0174. The minimum Gasteiger partial charge on any atom is -0.497 e. The smallest absolute Gasteiger partial charge is 0.121 e. The molecule has 29 heavy (non-hydrogen) atoms. The Morgan fingerprint density at radius 3 is 2.55 bits per heavy atom. The molecule has 0 radical (unpaired) electrons. The Morgan fingerprint density at radius 1 is 1.10 bits per heavy atom. The summed E-state index contributed by atoms with van der Waals surface area (Å²) < 4.78 is 36.8. The molecule has 158 valence electrons. The van der Waals surface area contributed by atoms with Crippen molar-refractivity contribution in [3.05, 3.63) is 48.5 Å². The second-order valence-corrected chi connectivity index (χ2v) is 9.19. The summed E-state index contributed by atoms with van der Waals surface area (Å²) in [6.07, 6.45) is 3.16. The first-order valence-electron chi connectivity index (χ1n) is 9.90. The molecule has 0 bridgehead atoms. The Balaban J connectivity index is 1.57. The van der Waals surface area contributed by atoms with Gasteiger partial charge in [0.15, 0.2) is 0 Å². The lowest BCUT2D eigenvalue weighted by Gasteiger charge is -2.44. The number of ether oxygens (including phenoxy) is 2. The van der Waals surface area contributed by atoms with Crippen LogP contribution >= 0.6 is 11.0 Å². The van der Waals surface area contributed by atoms with E-state index in [2.05, 4.69) is 5.32 Å². The summed E-state index contributed by atoms with van der Waals surface area (Å²) in [7, 11) is 0.0525. The van der Waals surface area contributed by atoms with E-state index in [1.807, 2.05) is 48.5 Å². The second-order valence-electron chi connectivity index (χ2n) is 7.41. The lowest BCUT2D eigenvalue weighted by molar-refractivity contribution is 0.0963. The highest BCUT2D eigenvalue weighted by atomic mass is 32.3. The first kappa shape index (κ1) is 20.3. The molecule has 0 amide bonds. The van der Waals surface area contributed by atoms with Crippen LogP contribution in [0.3, 0.4) is 0 Å². The van der Waals surface area contributed by atoms with E-state index in [0.29, 0.717) is 30.4 Å². The molecule has 1 aliphatic carbocycles. The van der Waals surface area contributed by atoms with Crippen LogP contribution in [0, 0.1) is 0 Å². The van der Waals surface area contributed by atoms with Crippen molar-refractivity contribution in [3.8, 4) is 5.75 Å². The van der Waals surface area contributed by atoms with E-state index in [1.165, 1.54) is 12.8 Å².